The molecule has 1 aliphatic carbocycles. The van der Waals surface area contributed by atoms with Crippen LogP contribution < -0.4 is 10.1 Å². The van der Waals surface area contributed by atoms with Crippen LogP contribution in [0.1, 0.15) is 62.4 Å². The number of carbonyl (C=O) groups is 1. The summed E-state index contributed by atoms with van der Waals surface area (Å²) in [7, 11) is 0. The van der Waals surface area contributed by atoms with Crippen LogP contribution in [0.15, 0.2) is 18.2 Å². The largest absolute Gasteiger partial charge is 0.494 e. The van der Waals surface area contributed by atoms with Gasteiger partial charge in [-0.2, -0.15) is 0 Å². The Kier molecular flexibility index (Phi) is 6.90. The van der Waals surface area contributed by atoms with E-state index >= 15 is 0 Å². The zero-order chi connectivity index (χ0) is 16.7. The fourth-order valence-electron chi connectivity index (χ4n) is 2.87. The highest BCUT2D eigenvalue weighted by Gasteiger charge is 2.18. The maximum atomic E-state index is 12.4. The van der Waals surface area contributed by atoms with Crippen molar-refractivity contribution in [1.29, 1.82) is 0 Å². The topological polar surface area (TPSA) is 47.6 Å². The van der Waals surface area contributed by atoms with Gasteiger partial charge in [0.25, 0.3) is 5.91 Å². The third-order valence-electron chi connectivity index (χ3n) is 4.02. The zero-order valence-electron chi connectivity index (χ0n) is 14.6. The molecule has 0 aliphatic heterocycles. The number of nitrogens with one attached hydrogen (secondary N) is 1. The number of ether oxygens (including phenoxy) is 2. The third kappa shape index (κ3) is 5.54. The molecule has 0 bridgehead atoms. The summed E-state index contributed by atoms with van der Waals surface area (Å²) >= 11 is 0. The van der Waals surface area contributed by atoms with E-state index in [1.807, 2.05) is 25.1 Å². The van der Waals surface area contributed by atoms with Crippen LogP contribution in [0.3, 0.4) is 0 Å². The van der Waals surface area contributed by atoms with E-state index in [2.05, 4.69) is 19.2 Å². The standard InChI is InChI=1S/C19H29NO3/c1-4-23-18-10-9-15(11-16(18)13-22-12-14(2)3)19(21)20-17-7-5-6-8-17/h9-11,14,17H,4-8,12-13H2,1-3H3,(H,20,21). The Hall–Kier alpha value is -1.55. The van der Waals surface area contributed by atoms with Crippen LogP contribution in [-0.2, 0) is 11.3 Å². The molecule has 0 atom stereocenters. The second-order valence-electron chi connectivity index (χ2n) is 6.62. The summed E-state index contributed by atoms with van der Waals surface area (Å²) in [5.41, 5.74) is 1.62. The van der Waals surface area contributed by atoms with Crippen molar-refractivity contribution < 1.29 is 14.3 Å². The summed E-state index contributed by atoms with van der Waals surface area (Å²) < 4.78 is 11.4. The van der Waals surface area contributed by atoms with Crippen LogP contribution in [0.4, 0.5) is 0 Å². The smallest absolute Gasteiger partial charge is 0.251 e. The maximum absolute atomic E-state index is 12.4. The van der Waals surface area contributed by atoms with Gasteiger partial charge in [0, 0.05) is 23.8 Å². The number of hydrogen-bond acceptors (Lipinski definition) is 3. The van der Waals surface area contributed by atoms with Crippen molar-refractivity contribution in [2.75, 3.05) is 13.2 Å². The molecule has 1 fully saturated rings. The first-order chi connectivity index (χ1) is 11.1. The minimum Gasteiger partial charge on any atom is -0.494 e. The Morgan fingerprint density at radius 3 is 2.70 bits per heavy atom. The minimum atomic E-state index is 0.00468. The Morgan fingerprint density at radius 2 is 2.04 bits per heavy atom. The Bertz CT molecular complexity index is 507. The van der Waals surface area contributed by atoms with Gasteiger partial charge in [0.15, 0.2) is 0 Å². The van der Waals surface area contributed by atoms with Gasteiger partial charge in [-0.1, -0.05) is 26.7 Å². The maximum Gasteiger partial charge on any atom is 0.251 e. The van der Waals surface area contributed by atoms with Crippen LogP contribution >= 0.6 is 0 Å². The number of hydrogen-bond donors (Lipinski definition) is 1. The van der Waals surface area contributed by atoms with Gasteiger partial charge >= 0.3 is 0 Å². The molecule has 4 nitrogen and oxygen atoms in total. The first kappa shape index (κ1) is 17.8. The lowest BCUT2D eigenvalue weighted by atomic mass is 10.1. The molecular formula is C19H29NO3. The van der Waals surface area contributed by atoms with Gasteiger partial charge in [0.2, 0.25) is 0 Å². The summed E-state index contributed by atoms with van der Waals surface area (Å²) in [6, 6.07) is 5.94. The van der Waals surface area contributed by atoms with Crippen molar-refractivity contribution in [2.45, 2.75) is 59.1 Å². The molecule has 128 valence electrons. The first-order valence-corrected chi connectivity index (χ1v) is 8.74. The van der Waals surface area contributed by atoms with Crippen LogP contribution in [-0.4, -0.2) is 25.2 Å². The van der Waals surface area contributed by atoms with Crippen molar-refractivity contribution in [3.05, 3.63) is 29.3 Å². The lowest BCUT2D eigenvalue weighted by Crippen LogP contribution is -2.32. The molecule has 0 radical (unpaired) electrons. The lowest BCUT2D eigenvalue weighted by Gasteiger charge is -2.15. The number of rotatable bonds is 8. The summed E-state index contributed by atoms with van der Waals surface area (Å²) in [6.45, 7) is 7.97. The van der Waals surface area contributed by atoms with Gasteiger partial charge in [-0.25, -0.2) is 0 Å². The molecule has 1 saturated carbocycles. The van der Waals surface area contributed by atoms with Gasteiger partial charge < -0.3 is 14.8 Å². The van der Waals surface area contributed by atoms with Crippen LogP contribution in [0.2, 0.25) is 0 Å². The van der Waals surface area contributed by atoms with Gasteiger partial charge in [0.1, 0.15) is 5.75 Å². The molecule has 0 aromatic heterocycles. The van der Waals surface area contributed by atoms with Crippen molar-refractivity contribution in [3.8, 4) is 5.75 Å². The Labute approximate surface area is 139 Å². The number of benzene rings is 1. The summed E-state index contributed by atoms with van der Waals surface area (Å²) in [4.78, 5) is 12.4. The van der Waals surface area contributed by atoms with E-state index in [1.165, 1.54) is 12.8 Å². The minimum absolute atomic E-state index is 0.00468. The van der Waals surface area contributed by atoms with Gasteiger partial charge in [0.05, 0.1) is 13.2 Å². The average molecular weight is 319 g/mol. The highest BCUT2D eigenvalue weighted by atomic mass is 16.5. The molecular weight excluding hydrogens is 290 g/mol. The molecule has 1 aromatic carbocycles. The zero-order valence-corrected chi connectivity index (χ0v) is 14.6. The molecule has 0 heterocycles. The molecule has 0 spiro atoms. The molecule has 0 saturated heterocycles. The number of amides is 1. The third-order valence-corrected chi connectivity index (χ3v) is 4.02. The van der Waals surface area contributed by atoms with E-state index in [4.69, 9.17) is 9.47 Å². The van der Waals surface area contributed by atoms with Crippen LogP contribution in [0.5, 0.6) is 5.75 Å². The van der Waals surface area contributed by atoms with Crippen LogP contribution in [0, 0.1) is 5.92 Å². The Balaban J connectivity index is 2.05. The van der Waals surface area contributed by atoms with Gasteiger partial charge in [-0.05, 0) is 43.9 Å². The quantitative estimate of drug-likeness (QED) is 0.790. The average Bonchev–Trinajstić information content (AvgIpc) is 3.01. The van der Waals surface area contributed by atoms with E-state index in [-0.39, 0.29) is 5.91 Å². The number of carbonyl (C=O) groups excluding carboxylic acids is 1. The highest BCUT2D eigenvalue weighted by molar-refractivity contribution is 5.94. The predicted molar refractivity (Wildman–Crippen MR) is 91.8 cm³/mol. The normalized spacial score (nSPS) is 15.1. The van der Waals surface area contributed by atoms with E-state index < -0.39 is 0 Å². The fraction of sp³-hybridized carbons (Fsp3) is 0.632. The lowest BCUT2D eigenvalue weighted by molar-refractivity contribution is 0.0927. The summed E-state index contributed by atoms with van der Waals surface area (Å²) in [5, 5.41) is 3.13. The summed E-state index contributed by atoms with van der Waals surface area (Å²) in [5.74, 6) is 1.29. The highest BCUT2D eigenvalue weighted by Crippen LogP contribution is 2.23. The molecule has 1 amide bonds. The van der Waals surface area contributed by atoms with Crippen molar-refractivity contribution in [1.82, 2.24) is 5.32 Å². The van der Waals surface area contributed by atoms with E-state index in [1.54, 1.807) is 0 Å². The second kappa shape index (κ2) is 8.92. The van der Waals surface area contributed by atoms with Crippen molar-refractivity contribution in [3.63, 3.8) is 0 Å². The SMILES string of the molecule is CCOc1ccc(C(=O)NC2CCCC2)cc1COCC(C)C. The van der Waals surface area contributed by atoms with Gasteiger partial charge in [-0.15, -0.1) is 0 Å². The molecule has 0 unspecified atom stereocenters. The van der Waals surface area contributed by atoms with Crippen molar-refractivity contribution in [2.24, 2.45) is 5.92 Å². The fourth-order valence-corrected chi connectivity index (χ4v) is 2.87. The van der Waals surface area contributed by atoms with Crippen LogP contribution in [0.25, 0.3) is 0 Å². The molecule has 23 heavy (non-hydrogen) atoms. The molecule has 1 aliphatic rings. The van der Waals surface area contributed by atoms with E-state index in [0.29, 0.717) is 37.3 Å². The molecule has 4 heteroatoms. The molecule has 1 N–H and O–H groups in total. The van der Waals surface area contributed by atoms with E-state index in [9.17, 15) is 4.79 Å². The Morgan fingerprint density at radius 1 is 1.30 bits per heavy atom. The second-order valence-corrected chi connectivity index (χ2v) is 6.62. The molecule has 2 rings (SSSR count). The van der Waals surface area contributed by atoms with Crippen molar-refractivity contribution >= 4 is 5.91 Å². The van der Waals surface area contributed by atoms with E-state index in [0.717, 1.165) is 24.2 Å². The molecule has 1 aromatic rings. The van der Waals surface area contributed by atoms with Gasteiger partial charge in [-0.3, -0.25) is 4.79 Å². The summed E-state index contributed by atoms with van der Waals surface area (Å²) in [6.07, 6.45) is 4.60. The monoisotopic (exact) mass is 319 g/mol. The first-order valence-electron chi connectivity index (χ1n) is 8.74. The predicted octanol–water partition coefficient (Wildman–Crippen LogP) is 3.93.